The van der Waals surface area contributed by atoms with Crippen molar-refractivity contribution in [1.29, 1.82) is 0 Å². The molecule has 2 aliphatic heterocycles. The molecular formula is C12H22N4O2. The number of hydrogen-bond acceptors (Lipinski definition) is 4. The van der Waals surface area contributed by atoms with E-state index < -0.39 is 0 Å². The second kappa shape index (κ2) is 5.67. The van der Waals surface area contributed by atoms with E-state index in [1.807, 2.05) is 0 Å². The smallest absolute Gasteiger partial charge is 0.325 e. The van der Waals surface area contributed by atoms with E-state index in [0.29, 0.717) is 19.0 Å². The zero-order valence-electron chi connectivity index (χ0n) is 11.1. The van der Waals surface area contributed by atoms with Gasteiger partial charge in [0.1, 0.15) is 6.04 Å². The largest absolute Gasteiger partial charge is 0.326 e. The van der Waals surface area contributed by atoms with Gasteiger partial charge in [0.25, 0.3) is 5.91 Å². The highest BCUT2D eigenvalue weighted by molar-refractivity contribution is 6.04. The molecule has 0 aliphatic carbocycles. The predicted molar refractivity (Wildman–Crippen MR) is 67.9 cm³/mol. The van der Waals surface area contributed by atoms with Crippen molar-refractivity contribution < 1.29 is 9.59 Å². The van der Waals surface area contributed by atoms with Gasteiger partial charge >= 0.3 is 6.03 Å². The third kappa shape index (κ3) is 3.00. The number of imide groups is 1. The molecule has 2 heterocycles. The first kappa shape index (κ1) is 13.3. The van der Waals surface area contributed by atoms with Gasteiger partial charge in [-0.15, -0.1) is 0 Å². The van der Waals surface area contributed by atoms with Crippen LogP contribution in [0.5, 0.6) is 0 Å². The molecule has 6 nitrogen and oxygen atoms in total. The van der Waals surface area contributed by atoms with Gasteiger partial charge in [-0.05, 0) is 12.3 Å². The van der Waals surface area contributed by atoms with Crippen molar-refractivity contribution in [2.75, 3.05) is 32.8 Å². The average molecular weight is 254 g/mol. The minimum atomic E-state index is -0.333. The van der Waals surface area contributed by atoms with Crippen molar-refractivity contribution >= 4 is 11.9 Å². The maximum absolute atomic E-state index is 12.1. The Bertz CT molecular complexity index is 326. The molecular weight excluding hydrogens is 232 g/mol. The van der Waals surface area contributed by atoms with Crippen LogP contribution in [0, 0.1) is 5.92 Å². The zero-order valence-corrected chi connectivity index (χ0v) is 11.1. The Morgan fingerprint density at radius 3 is 2.56 bits per heavy atom. The highest BCUT2D eigenvalue weighted by Gasteiger charge is 2.38. The predicted octanol–water partition coefficient (Wildman–Crippen LogP) is -0.184. The number of piperazine rings is 1. The molecule has 0 aromatic heterocycles. The maximum atomic E-state index is 12.1. The summed E-state index contributed by atoms with van der Waals surface area (Å²) in [6.07, 6.45) is 0.711. The van der Waals surface area contributed by atoms with Gasteiger partial charge in [0.2, 0.25) is 0 Å². The van der Waals surface area contributed by atoms with Crippen LogP contribution in [-0.2, 0) is 4.79 Å². The highest BCUT2D eigenvalue weighted by atomic mass is 16.2. The molecule has 3 amide bonds. The summed E-state index contributed by atoms with van der Waals surface area (Å²) in [5, 5.41) is 6.02. The first-order valence-corrected chi connectivity index (χ1v) is 6.63. The molecule has 0 spiro atoms. The summed E-state index contributed by atoms with van der Waals surface area (Å²) < 4.78 is 0. The van der Waals surface area contributed by atoms with E-state index in [-0.39, 0.29) is 18.0 Å². The number of nitrogens with zero attached hydrogens (tertiary/aromatic N) is 2. The summed E-state index contributed by atoms with van der Waals surface area (Å²) in [5.74, 6) is 0.325. The number of hydrogen-bond donors (Lipinski definition) is 2. The third-order valence-corrected chi connectivity index (χ3v) is 3.37. The molecule has 0 radical (unpaired) electrons. The van der Waals surface area contributed by atoms with Crippen LogP contribution in [-0.4, -0.2) is 60.6 Å². The zero-order chi connectivity index (χ0) is 13.1. The van der Waals surface area contributed by atoms with Crippen LogP contribution in [0.1, 0.15) is 20.3 Å². The molecule has 2 aliphatic rings. The first-order chi connectivity index (χ1) is 8.58. The molecule has 0 saturated carbocycles. The number of carbonyl (C=O) groups is 2. The normalized spacial score (nSPS) is 25.9. The molecule has 0 aromatic carbocycles. The van der Waals surface area contributed by atoms with Gasteiger partial charge in [0.15, 0.2) is 0 Å². The lowest BCUT2D eigenvalue weighted by molar-refractivity contribution is -0.129. The van der Waals surface area contributed by atoms with E-state index in [1.165, 1.54) is 4.90 Å². The number of carbonyl (C=O) groups excluding carboxylic acids is 2. The molecule has 2 saturated heterocycles. The number of amides is 3. The van der Waals surface area contributed by atoms with E-state index in [0.717, 1.165) is 26.2 Å². The molecule has 1 unspecified atom stereocenters. The van der Waals surface area contributed by atoms with Crippen LogP contribution in [0.4, 0.5) is 4.79 Å². The third-order valence-electron chi connectivity index (χ3n) is 3.37. The van der Waals surface area contributed by atoms with Gasteiger partial charge in [-0.1, -0.05) is 13.8 Å². The summed E-state index contributed by atoms with van der Waals surface area (Å²) in [6.45, 7) is 8.12. The lowest BCUT2D eigenvalue weighted by atomic mass is 10.0. The second-order valence-electron chi connectivity index (χ2n) is 5.41. The van der Waals surface area contributed by atoms with Crippen LogP contribution >= 0.6 is 0 Å². The first-order valence-electron chi connectivity index (χ1n) is 6.63. The topological polar surface area (TPSA) is 64.7 Å². The van der Waals surface area contributed by atoms with Crippen molar-refractivity contribution in [3.8, 4) is 0 Å². The van der Waals surface area contributed by atoms with Gasteiger partial charge in [0, 0.05) is 26.2 Å². The minimum absolute atomic E-state index is 0.0766. The molecule has 0 aromatic rings. The van der Waals surface area contributed by atoms with E-state index in [9.17, 15) is 9.59 Å². The van der Waals surface area contributed by atoms with Crippen LogP contribution in [0.25, 0.3) is 0 Å². The van der Waals surface area contributed by atoms with Crippen LogP contribution in [0.3, 0.4) is 0 Å². The van der Waals surface area contributed by atoms with Crippen molar-refractivity contribution in [3.05, 3.63) is 0 Å². The summed E-state index contributed by atoms with van der Waals surface area (Å²) >= 11 is 0. The lowest BCUT2D eigenvalue weighted by Crippen LogP contribution is -2.49. The van der Waals surface area contributed by atoms with Crippen molar-refractivity contribution in [2.45, 2.75) is 26.3 Å². The van der Waals surface area contributed by atoms with Gasteiger partial charge in [-0.25, -0.2) is 9.69 Å². The van der Waals surface area contributed by atoms with Crippen molar-refractivity contribution in [3.63, 3.8) is 0 Å². The minimum Gasteiger partial charge on any atom is -0.326 e. The Hall–Kier alpha value is -1.14. The SMILES string of the molecule is CC(C)CC1NC(=O)N(CN2CCNCC2)C1=O. The van der Waals surface area contributed by atoms with Crippen LogP contribution in [0.2, 0.25) is 0 Å². The lowest BCUT2D eigenvalue weighted by Gasteiger charge is -2.29. The van der Waals surface area contributed by atoms with E-state index >= 15 is 0 Å². The van der Waals surface area contributed by atoms with E-state index in [2.05, 4.69) is 29.4 Å². The molecule has 6 heteroatoms. The molecule has 102 valence electrons. The standard InChI is InChI=1S/C12H22N4O2/c1-9(2)7-10-11(17)16(12(18)14-10)8-15-5-3-13-4-6-15/h9-10,13H,3-8H2,1-2H3,(H,14,18). The number of urea groups is 1. The van der Waals surface area contributed by atoms with Gasteiger partial charge in [-0.3, -0.25) is 9.69 Å². The maximum Gasteiger partial charge on any atom is 0.325 e. The molecule has 2 rings (SSSR count). The average Bonchev–Trinajstić information content (AvgIpc) is 2.58. The number of nitrogens with one attached hydrogen (secondary N) is 2. The van der Waals surface area contributed by atoms with Gasteiger partial charge in [-0.2, -0.15) is 0 Å². The fourth-order valence-electron chi connectivity index (χ4n) is 2.39. The van der Waals surface area contributed by atoms with E-state index in [4.69, 9.17) is 0 Å². The number of rotatable bonds is 4. The van der Waals surface area contributed by atoms with Gasteiger partial charge < -0.3 is 10.6 Å². The Morgan fingerprint density at radius 1 is 1.28 bits per heavy atom. The van der Waals surface area contributed by atoms with Crippen molar-refractivity contribution in [1.82, 2.24) is 20.4 Å². The van der Waals surface area contributed by atoms with E-state index in [1.54, 1.807) is 0 Å². The Kier molecular flexibility index (Phi) is 4.19. The Morgan fingerprint density at radius 2 is 1.94 bits per heavy atom. The fraction of sp³-hybridized carbons (Fsp3) is 0.833. The molecule has 2 N–H and O–H groups in total. The quantitative estimate of drug-likeness (QED) is 0.683. The monoisotopic (exact) mass is 254 g/mol. The summed E-state index contributed by atoms with van der Waals surface area (Å²) in [5.41, 5.74) is 0. The fourth-order valence-corrected chi connectivity index (χ4v) is 2.39. The highest BCUT2D eigenvalue weighted by Crippen LogP contribution is 2.14. The second-order valence-corrected chi connectivity index (χ2v) is 5.41. The Balaban J connectivity index is 1.91. The molecule has 1 atom stereocenters. The van der Waals surface area contributed by atoms with Crippen LogP contribution < -0.4 is 10.6 Å². The molecule has 18 heavy (non-hydrogen) atoms. The molecule has 2 fully saturated rings. The van der Waals surface area contributed by atoms with Crippen molar-refractivity contribution in [2.24, 2.45) is 5.92 Å². The van der Waals surface area contributed by atoms with Crippen LogP contribution in [0.15, 0.2) is 0 Å². The Labute approximate surface area is 108 Å². The van der Waals surface area contributed by atoms with Gasteiger partial charge in [0.05, 0.1) is 6.67 Å². The summed E-state index contributed by atoms with van der Waals surface area (Å²) in [7, 11) is 0. The summed E-state index contributed by atoms with van der Waals surface area (Å²) in [6, 6.07) is -0.579. The molecule has 0 bridgehead atoms. The summed E-state index contributed by atoms with van der Waals surface area (Å²) in [4.78, 5) is 27.4.